The lowest BCUT2D eigenvalue weighted by Crippen LogP contribution is -2.00. The molecular formula is C48H32N6. The Kier molecular flexibility index (Phi) is 8.81. The summed E-state index contributed by atoms with van der Waals surface area (Å²) in [6.45, 7) is 0. The Morgan fingerprint density at radius 3 is 1.30 bits per heavy atom. The summed E-state index contributed by atoms with van der Waals surface area (Å²) in [5.41, 5.74) is 12.2. The number of benzene rings is 5. The van der Waals surface area contributed by atoms with E-state index >= 15 is 0 Å². The van der Waals surface area contributed by atoms with E-state index in [2.05, 4.69) is 84.9 Å². The molecule has 0 spiro atoms. The van der Waals surface area contributed by atoms with E-state index in [0.29, 0.717) is 17.5 Å². The van der Waals surface area contributed by atoms with E-state index in [9.17, 15) is 0 Å². The molecule has 54 heavy (non-hydrogen) atoms. The van der Waals surface area contributed by atoms with Gasteiger partial charge in [0.25, 0.3) is 0 Å². The van der Waals surface area contributed by atoms with Gasteiger partial charge in [-0.1, -0.05) is 158 Å². The molecule has 6 nitrogen and oxygen atoms in total. The van der Waals surface area contributed by atoms with Gasteiger partial charge in [0, 0.05) is 40.2 Å². The first-order valence-corrected chi connectivity index (χ1v) is 17.8. The predicted molar refractivity (Wildman–Crippen MR) is 217 cm³/mol. The quantitative estimate of drug-likeness (QED) is 0.158. The van der Waals surface area contributed by atoms with Gasteiger partial charge in [0.05, 0.1) is 22.8 Å². The maximum atomic E-state index is 5.15. The highest BCUT2D eigenvalue weighted by Gasteiger charge is 2.16. The van der Waals surface area contributed by atoms with Crippen LogP contribution in [0.4, 0.5) is 0 Å². The van der Waals surface area contributed by atoms with Crippen molar-refractivity contribution < 1.29 is 0 Å². The number of hydrogen-bond donors (Lipinski definition) is 0. The van der Waals surface area contributed by atoms with Crippen LogP contribution >= 0.6 is 0 Å². The van der Waals surface area contributed by atoms with Crippen molar-refractivity contribution in [3.8, 4) is 90.3 Å². The fourth-order valence-electron chi connectivity index (χ4n) is 6.51. The average Bonchev–Trinajstić information content (AvgIpc) is 3.27. The van der Waals surface area contributed by atoms with Gasteiger partial charge in [0.1, 0.15) is 0 Å². The molecule has 0 amide bonds. The minimum atomic E-state index is 0.617. The second kappa shape index (κ2) is 14.7. The van der Waals surface area contributed by atoms with Crippen molar-refractivity contribution in [3.05, 3.63) is 194 Å². The zero-order valence-corrected chi connectivity index (χ0v) is 29.2. The van der Waals surface area contributed by atoms with E-state index in [4.69, 9.17) is 29.9 Å². The van der Waals surface area contributed by atoms with Crippen molar-refractivity contribution >= 4 is 0 Å². The van der Waals surface area contributed by atoms with E-state index in [0.717, 1.165) is 72.8 Å². The first-order chi connectivity index (χ1) is 26.7. The molecule has 0 aliphatic rings. The van der Waals surface area contributed by atoms with Crippen LogP contribution in [0, 0.1) is 0 Å². The van der Waals surface area contributed by atoms with E-state index in [-0.39, 0.29) is 0 Å². The van der Waals surface area contributed by atoms with Crippen LogP contribution in [0.25, 0.3) is 90.3 Å². The molecule has 4 aromatic heterocycles. The van der Waals surface area contributed by atoms with Gasteiger partial charge in [-0.3, -0.25) is 9.97 Å². The summed E-state index contributed by atoms with van der Waals surface area (Å²) >= 11 is 0. The SMILES string of the molecule is c1ccc(-c2cc(-c3ccc(-c4ccc(-c5nc(-c6ccccc6)nc(-c6ccccc6)n5)cc4)cn3)nc(-c3ncccc3-c3ccccc3)c2)cc1. The molecule has 4 heterocycles. The normalized spacial score (nSPS) is 11.0. The van der Waals surface area contributed by atoms with E-state index in [1.54, 1.807) is 0 Å². The summed E-state index contributed by atoms with van der Waals surface area (Å²) in [7, 11) is 0. The molecule has 0 atom stereocenters. The number of hydrogen-bond acceptors (Lipinski definition) is 6. The van der Waals surface area contributed by atoms with E-state index in [1.165, 1.54) is 0 Å². The highest BCUT2D eigenvalue weighted by Crippen LogP contribution is 2.34. The zero-order valence-electron chi connectivity index (χ0n) is 29.2. The third-order valence-corrected chi connectivity index (χ3v) is 9.27. The largest absolute Gasteiger partial charge is 0.254 e. The summed E-state index contributed by atoms with van der Waals surface area (Å²) in [5, 5.41) is 0. The Hall–Kier alpha value is -7.44. The summed E-state index contributed by atoms with van der Waals surface area (Å²) in [5.74, 6) is 1.89. The summed E-state index contributed by atoms with van der Waals surface area (Å²) in [6.07, 6.45) is 3.73. The molecule has 6 heteroatoms. The number of rotatable bonds is 8. The molecule has 9 rings (SSSR count). The molecule has 0 N–H and O–H groups in total. The maximum Gasteiger partial charge on any atom is 0.164 e. The van der Waals surface area contributed by atoms with Crippen LogP contribution in [0.1, 0.15) is 0 Å². The van der Waals surface area contributed by atoms with E-state index in [1.807, 2.05) is 109 Å². The van der Waals surface area contributed by atoms with Gasteiger partial charge in [-0.25, -0.2) is 19.9 Å². The topological polar surface area (TPSA) is 77.3 Å². The molecule has 9 aromatic rings. The van der Waals surface area contributed by atoms with Crippen molar-refractivity contribution in [2.24, 2.45) is 0 Å². The molecule has 5 aromatic carbocycles. The van der Waals surface area contributed by atoms with Gasteiger partial charge in [-0.15, -0.1) is 0 Å². The van der Waals surface area contributed by atoms with Gasteiger partial charge >= 0.3 is 0 Å². The Bertz CT molecular complexity index is 2610. The minimum absolute atomic E-state index is 0.617. The Morgan fingerprint density at radius 2 is 0.741 bits per heavy atom. The lowest BCUT2D eigenvalue weighted by molar-refractivity contribution is 1.07. The molecule has 0 radical (unpaired) electrons. The fraction of sp³-hybridized carbons (Fsp3) is 0. The van der Waals surface area contributed by atoms with Gasteiger partial charge < -0.3 is 0 Å². The van der Waals surface area contributed by atoms with E-state index < -0.39 is 0 Å². The monoisotopic (exact) mass is 692 g/mol. The first kappa shape index (κ1) is 32.5. The van der Waals surface area contributed by atoms with Crippen molar-refractivity contribution in [1.82, 2.24) is 29.9 Å². The van der Waals surface area contributed by atoms with Crippen molar-refractivity contribution in [2.75, 3.05) is 0 Å². The summed E-state index contributed by atoms with van der Waals surface area (Å²) in [6, 6.07) is 61.3. The summed E-state index contributed by atoms with van der Waals surface area (Å²) < 4.78 is 0. The van der Waals surface area contributed by atoms with Crippen LogP contribution in [0.3, 0.4) is 0 Å². The fourth-order valence-corrected chi connectivity index (χ4v) is 6.51. The molecule has 0 aliphatic heterocycles. The lowest BCUT2D eigenvalue weighted by Gasteiger charge is -2.13. The highest BCUT2D eigenvalue weighted by molar-refractivity contribution is 5.83. The first-order valence-electron chi connectivity index (χ1n) is 17.8. The van der Waals surface area contributed by atoms with Gasteiger partial charge in [0.15, 0.2) is 17.5 Å². The van der Waals surface area contributed by atoms with Gasteiger partial charge in [-0.2, -0.15) is 0 Å². The molecule has 0 saturated carbocycles. The van der Waals surface area contributed by atoms with Crippen LogP contribution in [0.2, 0.25) is 0 Å². The minimum Gasteiger partial charge on any atom is -0.254 e. The average molecular weight is 693 g/mol. The van der Waals surface area contributed by atoms with Crippen LogP contribution in [0.15, 0.2) is 194 Å². The van der Waals surface area contributed by atoms with Crippen molar-refractivity contribution in [2.45, 2.75) is 0 Å². The number of pyridine rings is 3. The lowest BCUT2D eigenvalue weighted by atomic mass is 9.98. The molecule has 0 unspecified atom stereocenters. The van der Waals surface area contributed by atoms with Crippen LogP contribution < -0.4 is 0 Å². The Morgan fingerprint density at radius 1 is 0.278 bits per heavy atom. The third kappa shape index (κ3) is 6.79. The molecule has 0 fully saturated rings. The molecule has 0 bridgehead atoms. The predicted octanol–water partition coefficient (Wildman–Crippen LogP) is 11.4. The van der Waals surface area contributed by atoms with Crippen LogP contribution in [0.5, 0.6) is 0 Å². The van der Waals surface area contributed by atoms with Crippen LogP contribution in [-0.2, 0) is 0 Å². The summed E-state index contributed by atoms with van der Waals surface area (Å²) in [4.78, 5) is 29.5. The Balaban J connectivity index is 1.05. The second-order valence-electron chi connectivity index (χ2n) is 12.8. The highest BCUT2D eigenvalue weighted by atomic mass is 15.0. The standard InChI is InChI=1S/C48H32N6/c1-5-14-33(15-6-1)40-30-43(51-44(31-40)45-41(22-13-29-49-45)35-16-7-2-8-17-35)42-28-27-39(32-50-42)34-23-25-38(26-24-34)48-53-46(36-18-9-3-10-19-36)52-47(54-48)37-20-11-4-12-21-37/h1-32H. The number of nitrogens with zero attached hydrogens (tertiary/aromatic N) is 6. The maximum absolute atomic E-state index is 5.15. The van der Waals surface area contributed by atoms with Gasteiger partial charge in [-0.05, 0) is 46.5 Å². The smallest absolute Gasteiger partial charge is 0.164 e. The third-order valence-electron chi connectivity index (χ3n) is 9.27. The second-order valence-corrected chi connectivity index (χ2v) is 12.8. The zero-order chi connectivity index (χ0) is 36.1. The van der Waals surface area contributed by atoms with Crippen molar-refractivity contribution in [1.29, 1.82) is 0 Å². The molecular weight excluding hydrogens is 661 g/mol. The Labute approximate surface area is 313 Å². The van der Waals surface area contributed by atoms with Gasteiger partial charge in [0.2, 0.25) is 0 Å². The van der Waals surface area contributed by atoms with Crippen LogP contribution in [-0.4, -0.2) is 29.9 Å². The molecule has 0 aliphatic carbocycles. The van der Waals surface area contributed by atoms with Crippen molar-refractivity contribution in [3.63, 3.8) is 0 Å². The number of aromatic nitrogens is 6. The molecule has 0 saturated heterocycles. The molecule has 254 valence electrons.